The zero-order chi connectivity index (χ0) is 19.9. The van der Waals surface area contributed by atoms with Crippen LogP contribution < -0.4 is 25.3 Å². The van der Waals surface area contributed by atoms with Crippen molar-refractivity contribution >= 4 is 12.0 Å². The maximum atomic E-state index is 11.9. The third-order valence-electron chi connectivity index (χ3n) is 4.45. The topological polar surface area (TPSA) is 113 Å². The van der Waals surface area contributed by atoms with E-state index in [9.17, 15) is 9.59 Å². The molecule has 2 aromatic rings. The number of fused-ring (bicyclic) bond motifs is 1. The molecule has 1 aromatic carbocycles. The smallest absolute Gasteiger partial charge is 0.420 e. The Hall–Kier alpha value is -3.13. The lowest BCUT2D eigenvalue weighted by Crippen LogP contribution is -2.37. The fourth-order valence-corrected chi connectivity index (χ4v) is 3.07. The van der Waals surface area contributed by atoms with E-state index in [1.807, 2.05) is 29.6 Å². The number of nitrogens with zero attached hydrogens (tertiary/aromatic N) is 1. The van der Waals surface area contributed by atoms with Crippen LogP contribution in [0.3, 0.4) is 0 Å². The molecule has 8 heteroatoms. The van der Waals surface area contributed by atoms with E-state index in [1.165, 1.54) is 0 Å². The largest absolute Gasteiger partial charge is 0.497 e. The number of amides is 2. The van der Waals surface area contributed by atoms with Crippen molar-refractivity contribution in [3.63, 3.8) is 0 Å². The fraction of sp³-hybridized carbons (Fsp3) is 0.350. The third kappa shape index (κ3) is 4.77. The standard InChI is InChI=1S/C20H23N3O5/c1-26-15-7-4-5-13(9-15)12-27-18-16-8-3-2-6-14(16)11-22-19(18)28-20(25)23-17(24)10-21/h4-5,7,9,11H,2-3,6,8,10,12,21H2,1H3,(H,23,24,25). The van der Waals surface area contributed by atoms with Gasteiger partial charge in [-0.3, -0.25) is 10.1 Å². The molecule has 2 amide bonds. The molecule has 0 fully saturated rings. The molecular weight excluding hydrogens is 362 g/mol. The number of hydrogen-bond donors (Lipinski definition) is 2. The van der Waals surface area contributed by atoms with E-state index in [1.54, 1.807) is 13.3 Å². The van der Waals surface area contributed by atoms with Crippen molar-refractivity contribution in [3.05, 3.63) is 47.2 Å². The van der Waals surface area contributed by atoms with Crippen LogP contribution in [0.1, 0.15) is 29.5 Å². The quantitative estimate of drug-likeness (QED) is 0.783. The number of ether oxygens (including phenoxy) is 3. The second kappa shape index (κ2) is 9.18. The van der Waals surface area contributed by atoms with Gasteiger partial charge >= 0.3 is 6.09 Å². The lowest BCUT2D eigenvalue weighted by Gasteiger charge is -2.21. The maximum absolute atomic E-state index is 11.9. The van der Waals surface area contributed by atoms with E-state index in [-0.39, 0.29) is 19.0 Å². The van der Waals surface area contributed by atoms with Gasteiger partial charge in [-0.2, -0.15) is 0 Å². The first-order chi connectivity index (χ1) is 13.6. The number of rotatable bonds is 6. The molecule has 0 radical (unpaired) electrons. The molecule has 0 saturated carbocycles. The molecule has 3 N–H and O–H groups in total. The molecule has 0 bridgehead atoms. The van der Waals surface area contributed by atoms with Gasteiger partial charge in [0, 0.05) is 11.8 Å². The van der Waals surface area contributed by atoms with Gasteiger partial charge in [0.25, 0.3) is 5.88 Å². The Morgan fingerprint density at radius 1 is 1.25 bits per heavy atom. The highest BCUT2D eigenvalue weighted by Gasteiger charge is 2.22. The number of imide groups is 1. The molecule has 1 aromatic heterocycles. The van der Waals surface area contributed by atoms with Crippen molar-refractivity contribution in [2.24, 2.45) is 5.73 Å². The molecule has 8 nitrogen and oxygen atoms in total. The highest BCUT2D eigenvalue weighted by Crippen LogP contribution is 2.36. The fourth-order valence-electron chi connectivity index (χ4n) is 3.07. The van der Waals surface area contributed by atoms with Crippen molar-refractivity contribution in [3.8, 4) is 17.4 Å². The number of carbonyl (C=O) groups excluding carboxylic acids is 2. The van der Waals surface area contributed by atoms with Crippen molar-refractivity contribution in [2.75, 3.05) is 13.7 Å². The summed E-state index contributed by atoms with van der Waals surface area (Å²) in [6.07, 6.45) is 4.56. The van der Waals surface area contributed by atoms with Gasteiger partial charge in [0.15, 0.2) is 5.75 Å². The highest BCUT2D eigenvalue weighted by molar-refractivity contribution is 5.93. The monoisotopic (exact) mass is 385 g/mol. The summed E-state index contributed by atoms with van der Waals surface area (Å²) in [6, 6.07) is 7.51. The molecule has 0 saturated heterocycles. The summed E-state index contributed by atoms with van der Waals surface area (Å²) < 4.78 is 16.5. The number of methoxy groups -OCH3 is 1. The summed E-state index contributed by atoms with van der Waals surface area (Å²) in [5.41, 5.74) is 8.17. The van der Waals surface area contributed by atoms with Gasteiger partial charge in [-0.15, -0.1) is 0 Å². The van der Waals surface area contributed by atoms with Gasteiger partial charge in [-0.25, -0.2) is 9.78 Å². The zero-order valence-corrected chi connectivity index (χ0v) is 15.7. The number of nitrogens with two attached hydrogens (primary N) is 1. The maximum Gasteiger partial charge on any atom is 0.420 e. The van der Waals surface area contributed by atoms with Crippen molar-refractivity contribution in [1.29, 1.82) is 0 Å². The molecule has 0 unspecified atom stereocenters. The lowest BCUT2D eigenvalue weighted by molar-refractivity contribution is -0.118. The van der Waals surface area contributed by atoms with Gasteiger partial charge in [-0.1, -0.05) is 12.1 Å². The van der Waals surface area contributed by atoms with Crippen LogP contribution in [-0.4, -0.2) is 30.6 Å². The molecule has 1 heterocycles. The van der Waals surface area contributed by atoms with E-state index < -0.39 is 12.0 Å². The van der Waals surface area contributed by atoms with Crippen LogP contribution in [0, 0.1) is 0 Å². The first-order valence-electron chi connectivity index (χ1n) is 9.09. The summed E-state index contributed by atoms with van der Waals surface area (Å²) >= 11 is 0. The Morgan fingerprint density at radius 2 is 2.07 bits per heavy atom. The minimum atomic E-state index is -0.940. The van der Waals surface area contributed by atoms with E-state index in [0.717, 1.165) is 48.1 Å². The Bertz CT molecular complexity index is 869. The van der Waals surface area contributed by atoms with Crippen molar-refractivity contribution in [2.45, 2.75) is 32.3 Å². The van der Waals surface area contributed by atoms with Crippen LogP contribution in [0.25, 0.3) is 0 Å². The van der Waals surface area contributed by atoms with Crippen molar-refractivity contribution < 1.29 is 23.8 Å². The SMILES string of the molecule is COc1cccc(COc2c(OC(=O)NC(=O)CN)ncc3c2CCCC3)c1. The van der Waals surface area contributed by atoms with E-state index in [2.05, 4.69) is 4.98 Å². The second-order valence-electron chi connectivity index (χ2n) is 6.39. The normalized spacial score (nSPS) is 12.6. The molecule has 0 aliphatic heterocycles. The number of pyridine rings is 1. The number of nitrogens with one attached hydrogen (secondary N) is 1. The van der Waals surface area contributed by atoms with Gasteiger partial charge in [-0.05, 0) is 48.9 Å². The predicted molar refractivity (Wildman–Crippen MR) is 101 cm³/mol. The summed E-state index contributed by atoms with van der Waals surface area (Å²) in [7, 11) is 1.60. The van der Waals surface area contributed by atoms with Crippen LogP contribution in [0.15, 0.2) is 30.5 Å². The predicted octanol–water partition coefficient (Wildman–Crippen LogP) is 2.12. The van der Waals surface area contributed by atoms with Gasteiger partial charge in [0.1, 0.15) is 12.4 Å². The Balaban J connectivity index is 1.83. The molecule has 148 valence electrons. The lowest BCUT2D eigenvalue weighted by atomic mass is 9.93. The Kier molecular flexibility index (Phi) is 6.44. The molecule has 3 rings (SSSR count). The van der Waals surface area contributed by atoms with Crippen LogP contribution in [0.4, 0.5) is 4.79 Å². The van der Waals surface area contributed by atoms with Crippen LogP contribution in [0.2, 0.25) is 0 Å². The molecule has 28 heavy (non-hydrogen) atoms. The van der Waals surface area contributed by atoms with E-state index in [4.69, 9.17) is 19.9 Å². The minimum Gasteiger partial charge on any atom is -0.497 e. The zero-order valence-electron chi connectivity index (χ0n) is 15.7. The summed E-state index contributed by atoms with van der Waals surface area (Å²) in [4.78, 5) is 27.5. The Labute approximate surface area is 163 Å². The highest BCUT2D eigenvalue weighted by atomic mass is 16.6. The van der Waals surface area contributed by atoms with Crippen LogP contribution in [-0.2, 0) is 24.2 Å². The first-order valence-corrected chi connectivity index (χ1v) is 9.09. The summed E-state index contributed by atoms with van der Waals surface area (Å²) in [5.74, 6) is 0.550. The molecule has 1 aliphatic carbocycles. The van der Waals surface area contributed by atoms with Gasteiger partial charge in [0.2, 0.25) is 5.91 Å². The first kappa shape index (κ1) is 19.6. The Morgan fingerprint density at radius 3 is 2.86 bits per heavy atom. The average Bonchev–Trinajstić information content (AvgIpc) is 2.72. The molecule has 0 atom stereocenters. The van der Waals surface area contributed by atoms with E-state index in [0.29, 0.717) is 5.75 Å². The molecular formula is C20H23N3O5. The average molecular weight is 385 g/mol. The summed E-state index contributed by atoms with van der Waals surface area (Å²) in [5, 5.41) is 2.04. The number of hydrogen-bond acceptors (Lipinski definition) is 7. The van der Waals surface area contributed by atoms with Gasteiger partial charge < -0.3 is 19.9 Å². The third-order valence-corrected chi connectivity index (χ3v) is 4.45. The summed E-state index contributed by atoms with van der Waals surface area (Å²) in [6.45, 7) is -0.0546. The van der Waals surface area contributed by atoms with Crippen LogP contribution >= 0.6 is 0 Å². The number of aromatic nitrogens is 1. The number of aryl methyl sites for hydroxylation is 1. The van der Waals surface area contributed by atoms with Crippen LogP contribution in [0.5, 0.6) is 17.4 Å². The van der Waals surface area contributed by atoms with Gasteiger partial charge in [0.05, 0.1) is 13.7 Å². The van der Waals surface area contributed by atoms with E-state index >= 15 is 0 Å². The number of carbonyl (C=O) groups is 2. The molecule has 0 spiro atoms. The number of benzene rings is 1. The molecule has 1 aliphatic rings. The van der Waals surface area contributed by atoms with Crippen molar-refractivity contribution in [1.82, 2.24) is 10.3 Å². The minimum absolute atomic E-state index is 0.0332. The second-order valence-corrected chi connectivity index (χ2v) is 6.39.